The van der Waals surface area contributed by atoms with Gasteiger partial charge < -0.3 is 15.0 Å². The maximum atomic E-state index is 12.6. The van der Waals surface area contributed by atoms with E-state index in [1.54, 1.807) is 7.11 Å². The molecule has 27 heavy (non-hydrogen) atoms. The first-order chi connectivity index (χ1) is 13.2. The summed E-state index contributed by atoms with van der Waals surface area (Å²) < 4.78 is 5.18. The zero-order valence-corrected chi connectivity index (χ0v) is 15.9. The van der Waals surface area contributed by atoms with Gasteiger partial charge in [0.05, 0.1) is 12.8 Å². The van der Waals surface area contributed by atoms with Crippen LogP contribution in [0.15, 0.2) is 30.3 Å². The molecule has 6 nitrogen and oxygen atoms in total. The lowest BCUT2D eigenvalue weighted by molar-refractivity contribution is 0.0575. The number of methoxy groups -OCH3 is 1. The van der Waals surface area contributed by atoms with Crippen molar-refractivity contribution >= 4 is 5.91 Å². The van der Waals surface area contributed by atoms with E-state index in [0.29, 0.717) is 17.7 Å². The minimum Gasteiger partial charge on any atom is -0.497 e. The summed E-state index contributed by atoms with van der Waals surface area (Å²) in [6.45, 7) is 3.19. The molecule has 2 aliphatic rings. The van der Waals surface area contributed by atoms with Crippen molar-refractivity contribution in [3.63, 3.8) is 0 Å². The molecule has 0 spiro atoms. The normalized spacial score (nSPS) is 22.9. The van der Waals surface area contributed by atoms with Gasteiger partial charge in [-0.05, 0) is 75.0 Å². The number of fused-ring (bicyclic) bond motifs is 1. The first kappa shape index (κ1) is 18.0. The third-order valence-corrected chi connectivity index (χ3v) is 5.96. The quantitative estimate of drug-likeness (QED) is 0.851. The van der Waals surface area contributed by atoms with E-state index in [2.05, 4.69) is 20.4 Å². The molecule has 1 aromatic carbocycles. The number of hydrogen-bond acceptors (Lipinski definition) is 4. The molecular formula is C21H28N4O2. The van der Waals surface area contributed by atoms with Gasteiger partial charge in [-0.3, -0.25) is 9.89 Å². The number of rotatable bonds is 5. The smallest absolute Gasteiger partial charge is 0.269 e. The molecule has 2 fully saturated rings. The molecular weight excluding hydrogens is 340 g/mol. The molecule has 1 aromatic heterocycles. The van der Waals surface area contributed by atoms with E-state index < -0.39 is 0 Å². The minimum absolute atomic E-state index is 0.0739. The number of ether oxygens (including phenoxy) is 1. The number of piperidine rings is 2. The summed E-state index contributed by atoms with van der Waals surface area (Å²) in [6.07, 6.45) is 6.35. The second kappa shape index (κ2) is 8.13. The zero-order chi connectivity index (χ0) is 18.6. The molecule has 4 rings (SSSR count). The van der Waals surface area contributed by atoms with Crippen LogP contribution in [0.4, 0.5) is 0 Å². The second-order valence-corrected chi connectivity index (χ2v) is 7.61. The Hall–Kier alpha value is -2.34. The van der Waals surface area contributed by atoms with E-state index >= 15 is 0 Å². The molecule has 2 aliphatic heterocycles. The maximum Gasteiger partial charge on any atom is 0.269 e. The SMILES string of the molecule is COc1ccc(-c2cc(C(=O)NCC3CCCN4CCCCC34)[nH]n2)cc1. The fourth-order valence-electron chi connectivity index (χ4n) is 4.48. The first-order valence-electron chi connectivity index (χ1n) is 9.96. The van der Waals surface area contributed by atoms with Crippen LogP contribution < -0.4 is 10.1 Å². The van der Waals surface area contributed by atoms with Crippen LogP contribution in [0, 0.1) is 5.92 Å². The van der Waals surface area contributed by atoms with E-state index in [-0.39, 0.29) is 5.91 Å². The van der Waals surface area contributed by atoms with Crippen LogP contribution in [-0.4, -0.2) is 53.8 Å². The lowest BCUT2D eigenvalue weighted by Gasteiger charge is -2.44. The van der Waals surface area contributed by atoms with Crippen molar-refractivity contribution in [1.29, 1.82) is 0 Å². The van der Waals surface area contributed by atoms with Crippen LogP contribution in [0.5, 0.6) is 5.75 Å². The molecule has 0 radical (unpaired) electrons. The Morgan fingerprint density at radius 2 is 2.04 bits per heavy atom. The number of amides is 1. The summed E-state index contributed by atoms with van der Waals surface area (Å²) in [5, 5.41) is 10.3. The van der Waals surface area contributed by atoms with Crippen molar-refractivity contribution in [3.8, 4) is 17.0 Å². The molecule has 144 valence electrons. The number of nitrogens with one attached hydrogen (secondary N) is 2. The average Bonchev–Trinajstić information content (AvgIpc) is 3.22. The number of aromatic amines is 1. The van der Waals surface area contributed by atoms with Crippen molar-refractivity contribution in [2.75, 3.05) is 26.7 Å². The van der Waals surface area contributed by atoms with Gasteiger partial charge >= 0.3 is 0 Å². The molecule has 3 heterocycles. The third-order valence-electron chi connectivity index (χ3n) is 5.96. The van der Waals surface area contributed by atoms with E-state index in [4.69, 9.17) is 4.74 Å². The molecule has 2 N–H and O–H groups in total. The fraction of sp³-hybridized carbons (Fsp3) is 0.524. The molecule has 6 heteroatoms. The van der Waals surface area contributed by atoms with Crippen molar-refractivity contribution in [2.24, 2.45) is 5.92 Å². The van der Waals surface area contributed by atoms with Crippen LogP contribution in [0.3, 0.4) is 0 Å². The van der Waals surface area contributed by atoms with Crippen LogP contribution in [0.25, 0.3) is 11.3 Å². The number of hydrogen-bond donors (Lipinski definition) is 2. The number of carbonyl (C=O) groups excluding carboxylic acids is 1. The lowest BCUT2D eigenvalue weighted by atomic mass is 9.83. The van der Waals surface area contributed by atoms with Gasteiger partial charge in [-0.2, -0.15) is 5.10 Å². The maximum absolute atomic E-state index is 12.6. The van der Waals surface area contributed by atoms with Crippen LogP contribution in [0.2, 0.25) is 0 Å². The van der Waals surface area contributed by atoms with Gasteiger partial charge in [0.15, 0.2) is 0 Å². The van der Waals surface area contributed by atoms with E-state index in [1.165, 1.54) is 45.2 Å². The van der Waals surface area contributed by atoms with E-state index in [0.717, 1.165) is 23.6 Å². The van der Waals surface area contributed by atoms with Gasteiger partial charge in [0.2, 0.25) is 0 Å². The Bertz CT molecular complexity index is 769. The van der Waals surface area contributed by atoms with Gasteiger partial charge in [0, 0.05) is 18.2 Å². The molecule has 0 bridgehead atoms. The predicted octanol–water partition coefficient (Wildman–Crippen LogP) is 3.08. The summed E-state index contributed by atoms with van der Waals surface area (Å²) in [4.78, 5) is 15.2. The zero-order valence-electron chi connectivity index (χ0n) is 15.9. The predicted molar refractivity (Wildman–Crippen MR) is 105 cm³/mol. The number of nitrogens with zero attached hydrogens (tertiary/aromatic N) is 2. The number of benzene rings is 1. The highest BCUT2D eigenvalue weighted by molar-refractivity contribution is 5.93. The first-order valence-corrected chi connectivity index (χ1v) is 9.96. The Balaban J connectivity index is 1.36. The summed E-state index contributed by atoms with van der Waals surface area (Å²) in [7, 11) is 1.64. The highest BCUT2D eigenvalue weighted by atomic mass is 16.5. The molecule has 0 saturated carbocycles. The van der Waals surface area contributed by atoms with E-state index in [9.17, 15) is 4.79 Å². The number of H-pyrrole nitrogens is 1. The van der Waals surface area contributed by atoms with Gasteiger partial charge in [0.1, 0.15) is 11.4 Å². The Morgan fingerprint density at radius 3 is 2.85 bits per heavy atom. The molecule has 2 atom stereocenters. The summed E-state index contributed by atoms with van der Waals surface area (Å²) in [5.74, 6) is 1.29. The van der Waals surface area contributed by atoms with Crippen LogP contribution in [-0.2, 0) is 0 Å². The van der Waals surface area contributed by atoms with Crippen molar-refractivity contribution in [1.82, 2.24) is 20.4 Å². The van der Waals surface area contributed by atoms with Crippen molar-refractivity contribution in [3.05, 3.63) is 36.0 Å². The molecule has 2 saturated heterocycles. The molecule has 1 amide bonds. The molecule has 2 aromatic rings. The number of carbonyl (C=O) groups is 1. The van der Waals surface area contributed by atoms with Crippen molar-refractivity contribution < 1.29 is 9.53 Å². The Morgan fingerprint density at radius 1 is 1.22 bits per heavy atom. The van der Waals surface area contributed by atoms with Crippen LogP contribution >= 0.6 is 0 Å². The molecule has 2 unspecified atom stereocenters. The lowest BCUT2D eigenvalue weighted by Crippen LogP contribution is -2.51. The standard InChI is InChI=1S/C21H28N4O2/c1-27-17-9-7-15(8-10-17)18-13-19(24-23-18)21(26)22-14-16-5-4-12-25-11-3-2-6-20(16)25/h7-10,13,16,20H,2-6,11-12,14H2,1H3,(H,22,26)(H,23,24). The van der Waals surface area contributed by atoms with Gasteiger partial charge in [-0.1, -0.05) is 6.42 Å². The number of aromatic nitrogens is 2. The Kier molecular flexibility index (Phi) is 5.43. The second-order valence-electron chi connectivity index (χ2n) is 7.61. The average molecular weight is 368 g/mol. The fourth-order valence-corrected chi connectivity index (χ4v) is 4.48. The highest BCUT2D eigenvalue weighted by Crippen LogP contribution is 2.30. The van der Waals surface area contributed by atoms with Gasteiger partial charge in [-0.25, -0.2) is 0 Å². The largest absolute Gasteiger partial charge is 0.497 e. The summed E-state index contributed by atoms with van der Waals surface area (Å²) >= 11 is 0. The highest BCUT2D eigenvalue weighted by Gasteiger charge is 2.33. The monoisotopic (exact) mass is 368 g/mol. The summed E-state index contributed by atoms with van der Waals surface area (Å²) in [6, 6.07) is 10.1. The molecule has 0 aliphatic carbocycles. The van der Waals surface area contributed by atoms with Crippen LogP contribution in [0.1, 0.15) is 42.6 Å². The van der Waals surface area contributed by atoms with Gasteiger partial charge in [-0.15, -0.1) is 0 Å². The van der Waals surface area contributed by atoms with E-state index in [1.807, 2.05) is 30.3 Å². The van der Waals surface area contributed by atoms with Gasteiger partial charge in [0.25, 0.3) is 5.91 Å². The topological polar surface area (TPSA) is 70.2 Å². The summed E-state index contributed by atoms with van der Waals surface area (Å²) in [5.41, 5.74) is 2.23. The van der Waals surface area contributed by atoms with Crippen molar-refractivity contribution in [2.45, 2.75) is 38.1 Å². The Labute approximate surface area is 160 Å². The minimum atomic E-state index is -0.0739. The third kappa shape index (κ3) is 4.00.